The van der Waals surface area contributed by atoms with Gasteiger partial charge < -0.3 is 38.5 Å². The quantitative estimate of drug-likeness (QED) is 0.187. The summed E-state index contributed by atoms with van der Waals surface area (Å²) >= 11 is 0. The van der Waals surface area contributed by atoms with Crippen molar-refractivity contribution in [2.75, 3.05) is 27.1 Å². The van der Waals surface area contributed by atoms with Crippen LogP contribution in [0, 0.1) is 11.8 Å². The topological polar surface area (TPSA) is 175 Å². The number of cyclic esters (lactones) is 2. The summed E-state index contributed by atoms with van der Waals surface area (Å²) in [6.45, 7) is 3.40. The van der Waals surface area contributed by atoms with Gasteiger partial charge in [-0.05, 0) is 31.7 Å². The first-order chi connectivity index (χ1) is 23.1. The Kier molecular flexibility index (Phi) is 13.1. The van der Waals surface area contributed by atoms with Crippen LogP contribution in [0.2, 0.25) is 0 Å². The minimum atomic E-state index is -1.47. The number of nitrogens with zero attached hydrogens (tertiary/aromatic N) is 1. The molecule has 2 fully saturated rings. The molecule has 4 atom stereocenters. The van der Waals surface area contributed by atoms with Gasteiger partial charge in [0.1, 0.15) is 25.2 Å². The van der Waals surface area contributed by atoms with E-state index in [4.69, 9.17) is 33.2 Å². The average Bonchev–Trinajstić information content (AvgIpc) is 3.61. The van der Waals surface area contributed by atoms with E-state index in [1.165, 1.54) is 26.3 Å². The minimum Gasteiger partial charge on any atom is -0.493 e. The van der Waals surface area contributed by atoms with E-state index in [9.17, 15) is 24.0 Å². The lowest BCUT2D eigenvalue weighted by atomic mass is 9.91. The number of hydrogen-bond donors (Lipinski definition) is 1. The van der Waals surface area contributed by atoms with Crippen molar-refractivity contribution in [2.45, 2.75) is 77.2 Å². The van der Waals surface area contributed by atoms with Gasteiger partial charge in [-0.1, -0.05) is 57.0 Å². The molecule has 1 aliphatic heterocycles. The number of methoxy groups -OCH3 is 1. The van der Waals surface area contributed by atoms with E-state index in [1.807, 2.05) is 18.2 Å². The third kappa shape index (κ3) is 9.89. The average molecular weight is 671 g/mol. The summed E-state index contributed by atoms with van der Waals surface area (Å²) in [6.07, 6.45) is 3.08. The summed E-state index contributed by atoms with van der Waals surface area (Å²) in [6, 6.07) is 9.03. The number of amides is 1. The maximum absolute atomic E-state index is 13.5. The molecule has 0 radical (unpaired) electrons. The van der Waals surface area contributed by atoms with Crippen LogP contribution < -0.4 is 14.8 Å². The summed E-state index contributed by atoms with van der Waals surface area (Å²) in [5, 5.41) is 2.48. The van der Waals surface area contributed by atoms with E-state index < -0.39 is 73.3 Å². The van der Waals surface area contributed by atoms with Gasteiger partial charge in [-0.25, -0.2) is 14.6 Å². The van der Waals surface area contributed by atoms with Gasteiger partial charge >= 0.3 is 23.9 Å². The fourth-order valence-electron chi connectivity index (χ4n) is 5.31. The maximum atomic E-state index is 13.5. The number of ether oxygens (including phenoxy) is 7. The number of aromatic nitrogens is 1. The predicted octanol–water partition coefficient (Wildman–Crippen LogP) is 2.94. The second kappa shape index (κ2) is 17.4. The zero-order valence-corrected chi connectivity index (χ0v) is 27.5. The minimum absolute atomic E-state index is 0.0226. The maximum Gasteiger partial charge on any atom is 0.334 e. The molecule has 2 aliphatic rings. The Bertz CT molecular complexity index is 1430. The molecule has 1 N–H and O–H groups in total. The molecule has 2 heterocycles. The molecule has 1 saturated heterocycles. The van der Waals surface area contributed by atoms with Crippen molar-refractivity contribution in [1.29, 1.82) is 0 Å². The molecule has 0 bridgehead atoms. The molecular weight excluding hydrogens is 628 g/mol. The smallest absolute Gasteiger partial charge is 0.334 e. The summed E-state index contributed by atoms with van der Waals surface area (Å²) in [7, 11) is 1.34. The Labute approximate surface area is 278 Å². The molecule has 1 aromatic heterocycles. The Balaban J connectivity index is 1.47. The fourth-order valence-corrected chi connectivity index (χ4v) is 5.31. The van der Waals surface area contributed by atoms with Gasteiger partial charge in [-0.15, -0.1) is 0 Å². The number of rotatable bonds is 13. The Morgan fingerprint density at radius 3 is 2.46 bits per heavy atom. The molecule has 14 heteroatoms. The van der Waals surface area contributed by atoms with E-state index in [0.717, 1.165) is 31.2 Å². The number of carbonyl (C=O) groups is 5. The molecule has 4 unspecified atom stereocenters. The van der Waals surface area contributed by atoms with Crippen molar-refractivity contribution in [3.05, 3.63) is 53.9 Å². The van der Waals surface area contributed by atoms with E-state index in [2.05, 4.69) is 10.3 Å². The van der Waals surface area contributed by atoms with Crippen LogP contribution >= 0.6 is 0 Å². The van der Waals surface area contributed by atoms with Crippen LogP contribution in [0.15, 0.2) is 42.6 Å². The third-order valence-electron chi connectivity index (χ3n) is 7.93. The van der Waals surface area contributed by atoms with Crippen LogP contribution in [0.25, 0.3) is 0 Å². The highest BCUT2D eigenvalue weighted by Crippen LogP contribution is 2.30. The van der Waals surface area contributed by atoms with Crippen LogP contribution in [-0.4, -0.2) is 86.2 Å². The largest absolute Gasteiger partial charge is 0.493 e. The number of benzene rings is 1. The fraction of sp³-hybridized carbons (Fsp3) is 0.529. The molecule has 48 heavy (non-hydrogen) atoms. The van der Waals surface area contributed by atoms with Gasteiger partial charge in [0.15, 0.2) is 29.3 Å². The highest BCUT2D eigenvalue weighted by Gasteiger charge is 2.42. The highest BCUT2D eigenvalue weighted by molar-refractivity contribution is 5.98. The van der Waals surface area contributed by atoms with Crippen LogP contribution in [0.3, 0.4) is 0 Å². The Hall–Kier alpha value is -4.72. The number of carbonyl (C=O) groups excluding carboxylic acids is 5. The van der Waals surface area contributed by atoms with Gasteiger partial charge in [-0.3, -0.25) is 14.4 Å². The lowest BCUT2D eigenvalue weighted by Gasteiger charge is -2.29. The number of nitrogens with one attached hydrogen (secondary N) is 1. The SMILES string of the molecule is COc1ccnc(C(=O)NC2COC(=O)C(Cc3ccccc3)C(OC(=O)C(C)C)C(C)OC2=O)c1OCOC(=O)COC1CCCC1. The number of pyridine rings is 1. The Morgan fingerprint density at radius 1 is 1.04 bits per heavy atom. The first-order valence-corrected chi connectivity index (χ1v) is 15.9. The summed E-state index contributed by atoms with van der Waals surface area (Å²) < 4.78 is 38.4. The van der Waals surface area contributed by atoms with Crippen LogP contribution in [0.5, 0.6) is 11.5 Å². The standard InChI is InChI=1S/C34H42N2O12/c1-20(2)32(39)48-29-21(3)47-34(41)25(17-44-33(40)24(29)16-22-10-6-5-7-11-22)36-31(38)28-30(26(42-4)14-15-35-28)46-19-45-27(37)18-43-23-12-8-9-13-23/h5-7,10-11,14-15,20-21,23-25,29H,8-9,12-13,16-19H2,1-4H3,(H,36,38). The van der Waals surface area contributed by atoms with Crippen molar-refractivity contribution in [3.8, 4) is 11.5 Å². The molecule has 2 aromatic rings. The van der Waals surface area contributed by atoms with Crippen molar-refractivity contribution in [3.63, 3.8) is 0 Å². The van der Waals surface area contributed by atoms with E-state index in [0.29, 0.717) is 0 Å². The number of esters is 4. The van der Waals surface area contributed by atoms with Crippen LogP contribution in [0.1, 0.15) is 62.5 Å². The van der Waals surface area contributed by atoms with Crippen LogP contribution in [-0.2, 0) is 49.3 Å². The molecule has 1 aromatic carbocycles. The third-order valence-corrected chi connectivity index (χ3v) is 7.93. The zero-order chi connectivity index (χ0) is 34.6. The second-order valence-electron chi connectivity index (χ2n) is 11.8. The van der Waals surface area contributed by atoms with Crippen molar-refractivity contribution in [1.82, 2.24) is 10.3 Å². The molecule has 4 rings (SSSR count). The molecule has 1 saturated carbocycles. The van der Waals surface area contributed by atoms with Gasteiger partial charge in [0.05, 0.1) is 19.1 Å². The Morgan fingerprint density at radius 2 is 1.77 bits per heavy atom. The second-order valence-corrected chi connectivity index (χ2v) is 11.8. The molecule has 14 nitrogen and oxygen atoms in total. The number of hydrogen-bond acceptors (Lipinski definition) is 13. The highest BCUT2D eigenvalue weighted by atomic mass is 16.7. The zero-order valence-electron chi connectivity index (χ0n) is 27.5. The van der Waals surface area contributed by atoms with Crippen molar-refractivity contribution < 1.29 is 57.1 Å². The summed E-state index contributed by atoms with van der Waals surface area (Å²) in [5.74, 6) is -5.39. The lowest BCUT2D eigenvalue weighted by molar-refractivity contribution is -0.176. The lowest BCUT2D eigenvalue weighted by Crippen LogP contribution is -2.47. The van der Waals surface area contributed by atoms with Gasteiger partial charge in [0.2, 0.25) is 6.79 Å². The molecular formula is C34H42N2O12. The predicted molar refractivity (Wildman–Crippen MR) is 167 cm³/mol. The summed E-state index contributed by atoms with van der Waals surface area (Å²) in [5.41, 5.74) is 0.474. The van der Waals surface area contributed by atoms with Gasteiger partial charge in [0, 0.05) is 12.3 Å². The monoisotopic (exact) mass is 670 g/mol. The van der Waals surface area contributed by atoms with Crippen molar-refractivity contribution >= 4 is 29.8 Å². The van der Waals surface area contributed by atoms with Crippen LogP contribution in [0.4, 0.5) is 0 Å². The molecule has 0 spiro atoms. The first kappa shape index (κ1) is 36.1. The van der Waals surface area contributed by atoms with Crippen molar-refractivity contribution in [2.24, 2.45) is 11.8 Å². The van der Waals surface area contributed by atoms with E-state index in [-0.39, 0.29) is 36.3 Å². The normalized spacial score (nSPS) is 21.6. The van der Waals surface area contributed by atoms with Gasteiger partial charge in [-0.2, -0.15) is 0 Å². The van der Waals surface area contributed by atoms with E-state index >= 15 is 0 Å². The summed E-state index contributed by atoms with van der Waals surface area (Å²) in [4.78, 5) is 69.2. The van der Waals surface area contributed by atoms with E-state index in [1.54, 1.807) is 26.0 Å². The molecule has 260 valence electrons. The first-order valence-electron chi connectivity index (χ1n) is 15.9. The molecule has 1 aliphatic carbocycles. The van der Waals surface area contributed by atoms with Gasteiger partial charge in [0.25, 0.3) is 5.91 Å². The molecule has 1 amide bonds.